The molecule has 2 atom stereocenters. The number of aromatic nitrogens is 2. The summed E-state index contributed by atoms with van der Waals surface area (Å²) in [6.07, 6.45) is 2.37. The summed E-state index contributed by atoms with van der Waals surface area (Å²) < 4.78 is 6.62. The SMILES string of the molecule is CC(C(=O)N1CCOC(C(=O)O)C1)n1cccn1. The minimum absolute atomic E-state index is 0.0831. The number of carboxylic acid groups (broad SMARTS) is 1. The smallest absolute Gasteiger partial charge is 0.334 e. The van der Waals surface area contributed by atoms with Crippen LogP contribution in [-0.4, -0.2) is 57.5 Å². The van der Waals surface area contributed by atoms with Crippen molar-refractivity contribution in [3.8, 4) is 0 Å². The number of amides is 1. The van der Waals surface area contributed by atoms with E-state index >= 15 is 0 Å². The lowest BCUT2D eigenvalue weighted by molar-refractivity contribution is -0.160. The Kier molecular flexibility index (Phi) is 3.61. The predicted octanol–water partition coefficient (Wildman–Crippen LogP) is -0.244. The summed E-state index contributed by atoms with van der Waals surface area (Å²) in [6.45, 7) is 2.48. The largest absolute Gasteiger partial charge is 0.479 e. The normalized spacial score (nSPS) is 21.6. The molecule has 0 aliphatic carbocycles. The van der Waals surface area contributed by atoms with Gasteiger partial charge in [0.1, 0.15) is 6.04 Å². The van der Waals surface area contributed by atoms with E-state index in [1.165, 1.54) is 4.90 Å². The molecule has 2 rings (SSSR count). The van der Waals surface area contributed by atoms with Crippen LogP contribution >= 0.6 is 0 Å². The van der Waals surface area contributed by atoms with Gasteiger partial charge in [-0.1, -0.05) is 0 Å². The monoisotopic (exact) mass is 253 g/mol. The zero-order valence-electron chi connectivity index (χ0n) is 10.0. The van der Waals surface area contributed by atoms with Crippen LogP contribution in [0.5, 0.6) is 0 Å². The molecule has 0 bridgehead atoms. The van der Waals surface area contributed by atoms with E-state index in [2.05, 4.69) is 5.10 Å². The van der Waals surface area contributed by atoms with Gasteiger partial charge in [-0.05, 0) is 13.0 Å². The van der Waals surface area contributed by atoms with Crippen molar-refractivity contribution in [2.24, 2.45) is 0 Å². The van der Waals surface area contributed by atoms with Gasteiger partial charge in [-0.25, -0.2) is 4.79 Å². The molecule has 18 heavy (non-hydrogen) atoms. The Hall–Kier alpha value is -1.89. The zero-order chi connectivity index (χ0) is 13.1. The van der Waals surface area contributed by atoms with Crippen molar-refractivity contribution in [3.05, 3.63) is 18.5 Å². The van der Waals surface area contributed by atoms with Crippen molar-refractivity contribution in [1.82, 2.24) is 14.7 Å². The van der Waals surface area contributed by atoms with Crippen LogP contribution in [-0.2, 0) is 14.3 Å². The molecule has 1 aromatic heterocycles. The second-order valence-electron chi connectivity index (χ2n) is 4.14. The van der Waals surface area contributed by atoms with E-state index in [0.29, 0.717) is 6.54 Å². The van der Waals surface area contributed by atoms with Gasteiger partial charge in [-0.2, -0.15) is 5.10 Å². The topological polar surface area (TPSA) is 84.7 Å². The molecule has 7 heteroatoms. The molecule has 1 aliphatic rings. The highest BCUT2D eigenvalue weighted by Gasteiger charge is 2.31. The van der Waals surface area contributed by atoms with Crippen LogP contribution in [0.15, 0.2) is 18.5 Å². The van der Waals surface area contributed by atoms with Gasteiger partial charge >= 0.3 is 5.97 Å². The van der Waals surface area contributed by atoms with Crippen LogP contribution in [0.4, 0.5) is 0 Å². The Morgan fingerprint density at radius 3 is 2.94 bits per heavy atom. The first-order chi connectivity index (χ1) is 8.59. The van der Waals surface area contributed by atoms with E-state index in [1.54, 1.807) is 30.1 Å². The summed E-state index contributed by atoms with van der Waals surface area (Å²) in [5.41, 5.74) is 0. The van der Waals surface area contributed by atoms with Crippen molar-refractivity contribution in [1.29, 1.82) is 0 Å². The lowest BCUT2D eigenvalue weighted by Crippen LogP contribution is -2.50. The van der Waals surface area contributed by atoms with Gasteiger partial charge in [0.25, 0.3) is 0 Å². The van der Waals surface area contributed by atoms with E-state index in [9.17, 15) is 9.59 Å². The number of aliphatic carboxylic acids is 1. The highest BCUT2D eigenvalue weighted by atomic mass is 16.5. The van der Waals surface area contributed by atoms with Crippen molar-refractivity contribution >= 4 is 11.9 Å². The summed E-state index contributed by atoms with van der Waals surface area (Å²) in [6, 6.07) is 1.30. The fourth-order valence-electron chi connectivity index (χ4n) is 1.89. The molecule has 0 saturated carbocycles. The van der Waals surface area contributed by atoms with E-state index < -0.39 is 18.1 Å². The Bertz CT molecular complexity index is 432. The van der Waals surface area contributed by atoms with Crippen LogP contribution in [0.2, 0.25) is 0 Å². The number of ether oxygens (including phenoxy) is 1. The van der Waals surface area contributed by atoms with E-state index in [4.69, 9.17) is 9.84 Å². The van der Waals surface area contributed by atoms with Crippen molar-refractivity contribution in [3.63, 3.8) is 0 Å². The fourth-order valence-corrected chi connectivity index (χ4v) is 1.89. The second kappa shape index (κ2) is 5.18. The maximum atomic E-state index is 12.2. The molecule has 1 saturated heterocycles. The highest BCUT2D eigenvalue weighted by molar-refractivity contribution is 5.81. The summed E-state index contributed by atoms with van der Waals surface area (Å²) in [4.78, 5) is 24.5. The summed E-state index contributed by atoms with van der Waals surface area (Å²) in [5, 5.41) is 12.9. The zero-order valence-corrected chi connectivity index (χ0v) is 10.0. The molecule has 1 amide bonds. The van der Waals surface area contributed by atoms with Crippen molar-refractivity contribution in [2.45, 2.75) is 19.1 Å². The molecule has 98 valence electrons. The number of nitrogens with zero attached hydrogens (tertiary/aromatic N) is 3. The number of carboxylic acids is 1. The van der Waals surface area contributed by atoms with Gasteiger partial charge in [0.05, 0.1) is 13.2 Å². The molecule has 1 fully saturated rings. The maximum Gasteiger partial charge on any atom is 0.334 e. The molecule has 0 radical (unpaired) electrons. The third-order valence-corrected chi connectivity index (χ3v) is 2.93. The average molecular weight is 253 g/mol. The van der Waals surface area contributed by atoms with Gasteiger partial charge in [0, 0.05) is 18.9 Å². The van der Waals surface area contributed by atoms with Crippen LogP contribution < -0.4 is 0 Å². The average Bonchev–Trinajstić information content (AvgIpc) is 2.91. The van der Waals surface area contributed by atoms with Crippen LogP contribution in [0.3, 0.4) is 0 Å². The van der Waals surface area contributed by atoms with Crippen molar-refractivity contribution < 1.29 is 19.4 Å². The van der Waals surface area contributed by atoms with Gasteiger partial charge in [-0.15, -0.1) is 0 Å². The third kappa shape index (κ3) is 2.51. The molecule has 2 unspecified atom stereocenters. The molecule has 2 heterocycles. The van der Waals surface area contributed by atoms with Crippen molar-refractivity contribution in [2.75, 3.05) is 19.7 Å². The molecule has 1 aromatic rings. The molecule has 1 aliphatic heterocycles. The van der Waals surface area contributed by atoms with E-state index in [1.807, 2.05) is 0 Å². The van der Waals surface area contributed by atoms with E-state index in [0.717, 1.165) is 0 Å². The molecular formula is C11H15N3O4. The third-order valence-electron chi connectivity index (χ3n) is 2.93. The Morgan fingerprint density at radius 1 is 1.56 bits per heavy atom. The molecule has 0 aromatic carbocycles. The van der Waals surface area contributed by atoms with Crippen LogP contribution in [0.1, 0.15) is 13.0 Å². The number of hydrogen-bond acceptors (Lipinski definition) is 4. The van der Waals surface area contributed by atoms with Gasteiger partial charge < -0.3 is 14.7 Å². The minimum atomic E-state index is -1.04. The minimum Gasteiger partial charge on any atom is -0.479 e. The lowest BCUT2D eigenvalue weighted by atomic mass is 10.2. The summed E-state index contributed by atoms with van der Waals surface area (Å²) in [5.74, 6) is -1.19. The number of hydrogen-bond donors (Lipinski definition) is 1. The Morgan fingerprint density at radius 2 is 2.33 bits per heavy atom. The molecule has 1 N–H and O–H groups in total. The van der Waals surface area contributed by atoms with Gasteiger partial charge in [0.2, 0.25) is 5.91 Å². The predicted molar refractivity (Wildman–Crippen MR) is 60.9 cm³/mol. The fraction of sp³-hybridized carbons (Fsp3) is 0.545. The number of carbonyl (C=O) groups is 2. The Labute approximate surface area is 104 Å². The summed E-state index contributed by atoms with van der Waals surface area (Å²) >= 11 is 0. The summed E-state index contributed by atoms with van der Waals surface area (Å²) in [7, 11) is 0. The molecule has 7 nitrogen and oxygen atoms in total. The first-order valence-electron chi connectivity index (χ1n) is 5.72. The molecule has 0 spiro atoms. The van der Waals surface area contributed by atoms with E-state index in [-0.39, 0.29) is 19.1 Å². The van der Waals surface area contributed by atoms with Crippen LogP contribution in [0.25, 0.3) is 0 Å². The number of morpholine rings is 1. The number of rotatable bonds is 3. The standard InChI is InChI=1S/C11H15N3O4/c1-8(14-4-2-3-12-14)10(15)13-5-6-18-9(7-13)11(16)17/h2-4,8-9H,5-7H2,1H3,(H,16,17). The van der Waals surface area contributed by atoms with Crippen LogP contribution in [0, 0.1) is 0 Å². The van der Waals surface area contributed by atoms with Gasteiger partial charge in [-0.3, -0.25) is 9.48 Å². The molecular weight excluding hydrogens is 238 g/mol. The maximum absolute atomic E-state index is 12.2. The first-order valence-corrected chi connectivity index (χ1v) is 5.72. The quantitative estimate of drug-likeness (QED) is 0.803. The second-order valence-corrected chi connectivity index (χ2v) is 4.14. The van der Waals surface area contributed by atoms with Gasteiger partial charge in [0.15, 0.2) is 6.10 Å². The number of carbonyl (C=O) groups excluding carboxylic acids is 1. The lowest BCUT2D eigenvalue weighted by Gasteiger charge is -2.32. The Balaban J connectivity index is 2.02. The highest BCUT2D eigenvalue weighted by Crippen LogP contribution is 2.13. The first kappa shape index (κ1) is 12.6.